The summed E-state index contributed by atoms with van der Waals surface area (Å²) in [6.45, 7) is 0.162. The first-order chi connectivity index (χ1) is 16.4. The minimum Gasteiger partial charge on any atom is -0.449 e. The Balaban J connectivity index is 1.30. The SMILES string of the molecule is O=C(NCCC(O)C(O)c1cc([N+](=O)[O-])cnc1Cl)OCC1c2ccccc2-c2ccccc21. The molecule has 34 heavy (non-hydrogen) atoms. The number of aliphatic hydroxyl groups excluding tert-OH is 2. The molecule has 0 aliphatic heterocycles. The highest BCUT2D eigenvalue weighted by molar-refractivity contribution is 6.30. The summed E-state index contributed by atoms with van der Waals surface area (Å²) in [7, 11) is 0. The first-order valence-corrected chi connectivity index (χ1v) is 11.0. The number of nitro groups is 1. The quantitative estimate of drug-likeness (QED) is 0.250. The topological polar surface area (TPSA) is 135 Å². The summed E-state index contributed by atoms with van der Waals surface area (Å²) in [5, 5.41) is 33.9. The molecule has 3 aromatic rings. The van der Waals surface area contributed by atoms with E-state index in [1.54, 1.807) is 0 Å². The van der Waals surface area contributed by atoms with Crippen LogP contribution in [0.3, 0.4) is 0 Å². The molecular formula is C24H22ClN3O6. The van der Waals surface area contributed by atoms with Crippen molar-refractivity contribution in [1.82, 2.24) is 10.3 Å². The number of halogens is 1. The fraction of sp³-hybridized carbons (Fsp3) is 0.250. The van der Waals surface area contributed by atoms with Crippen molar-refractivity contribution < 1.29 is 24.7 Å². The van der Waals surface area contributed by atoms with E-state index in [2.05, 4.69) is 10.3 Å². The third-order valence-corrected chi connectivity index (χ3v) is 6.11. The summed E-state index contributed by atoms with van der Waals surface area (Å²) in [5.74, 6) is -0.0749. The lowest BCUT2D eigenvalue weighted by molar-refractivity contribution is -0.385. The summed E-state index contributed by atoms with van der Waals surface area (Å²) < 4.78 is 5.43. The van der Waals surface area contributed by atoms with Gasteiger partial charge >= 0.3 is 6.09 Å². The van der Waals surface area contributed by atoms with Crippen molar-refractivity contribution >= 4 is 23.4 Å². The number of fused-ring (bicyclic) bond motifs is 3. The van der Waals surface area contributed by atoms with E-state index in [9.17, 15) is 25.1 Å². The van der Waals surface area contributed by atoms with Crippen molar-refractivity contribution in [1.29, 1.82) is 0 Å². The van der Waals surface area contributed by atoms with Gasteiger partial charge in [0.2, 0.25) is 0 Å². The van der Waals surface area contributed by atoms with Gasteiger partial charge in [-0.25, -0.2) is 9.78 Å². The Morgan fingerprint density at radius 2 is 1.76 bits per heavy atom. The molecule has 1 heterocycles. The first-order valence-electron chi connectivity index (χ1n) is 10.6. The van der Waals surface area contributed by atoms with E-state index in [0.29, 0.717) is 0 Å². The molecule has 9 nitrogen and oxygen atoms in total. The third-order valence-electron chi connectivity index (χ3n) is 5.80. The number of alkyl carbamates (subject to hydrolysis) is 1. The zero-order valence-corrected chi connectivity index (χ0v) is 18.7. The highest BCUT2D eigenvalue weighted by atomic mass is 35.5. The monoisotopic (exact) mass is 483 g/mol. The molecule has 0 saturated heterocycles. The van der Waals surface area contributed by atoms with Gasteiger partial charge in [-0.1, -0.05) is 60.1 Å². The highest BCUT2D eigenvalue weighted by Crippen LogP contribution is 2.44. The molecule has 4 rings (SSSR count). The number of nitrogens with zero attached hydrogens (tertiary/aromatic N) is 2. The van der Waals surface area contributed by atoms with Crippen LogP contribution in [0.4, 0.5) is 10.5 Å². The molecule has 2 aromatic carbocycles. The normalized spacial score (nSPS) is 14.1. The second-order valence-corrected chi connectivity index (χ2v) is 8.24. The number of carbonyl (C=O) groups excluding carboxylic acids is 1. The molecule has 2 atom stereocenters. The lowest BCUT2D eigenvalue weighted by Crippen LogP contribution is -2.30. The Bertz CT molecular complexity index is 1180. The number of benzene rings is 2. The van der Waals surface area contributed by atoms with Gasteiger partial charge in [-0.2, -0.15) is 0 Å². The average molecular weight is 484 g/mol. The van der Waals surface area contributed by atoms with Crippen LogP contribution in [-0.4, -0.2) is 45.5 Å². The largest absolute Gasteiger partial charge is 0.449 e. The van der Waals surface area contributed by atoms with Crippen LogP contribution in [0.25, 0.3) is 11.1 Å². The van der Waals surface area contributed by atoms with E-state index in [1.807, 2.05) is 48.5 Å². The zero-order chi connectivity index (χ0) is 24.2. The van der Waals surface area contributed by atoms with Crippen LogP contribution < -0.4 is 5.32 Å². The Morgan fingerprint density at radius 1 is 1.15 bits per heavy atom. The van der Waals surface area contributed by atoms with Crippen molar-refractivity contribution in [2.75, 3.05) is 13.2 Å². The number of amides is 1. The van der Waals surface area contributed by atoms with Crippen molar-refractivity contribution in [3.05, 3.63) is 92.8 Å². The van der Waals surface area contributed by atoms with Crippen molar-refractivity contribution in [3.63, 3.8) is 0 Å². The molecule has 10 heteroatoms. The van der Waals surface area contributed by atoms with E-state index in [1.165, 1.54) is 0 Å². The molecular weight excluding hydrogens is 462 g/mol. The van der Waals surface area contributed by atoms with Crippen LogP contribution >= 0.6 is 11.6 Å². The van der Waals surface area contributed by atoms with Gasteiger partial charge in [0.25, 0.3) is 5.69 Å². The lowest BCUT2D eigenvalue weighted by Gasteiger charge is -2.19. The fourth-order valence-corrected chi connectivity index (χ4v) is 4.31. The van der Waals surface area contributed by atoms with Gasteiger partial charge in [0.05, 0.1) is 11.0 Å². The molecule has 1 aliphatic carbocycles. The Morgan fingerprint density at radius 3 is 2.38 bits per heavy atom. The number of aromatic nitrogens is 1. The molecule has 0 bridgehead atoms. The van der Waals surface area contributed by atoms with Crippen molar-refractivity contribution in [3.8, 4) is 11.1 Å². The van der Waals surface area contributed by atoms with E-state index in [0.717, 1.165) is 34.5 Å². The minimum atomic E-state index is -1.51. The van der Waals surface area contributed by atoms with Crippen molar-refractivity contribution in [2.24, 2.45) is 0 Å². The van der Waals surface area contributed by atoms with Gasteiger partial charge in [-0.15, -0.1) is 0 Å². The zero-order valence-electron chi connectivity index (χ0n) is 17.9. The maximum Gasteiger partial charge on any atom is 0.407 e. The van der Waals surface area contributed by atoms with Crippen LogP contribution in [0.1, 0.15) is 35.1 Å². The molecule has 176 valence electrons. The summed E-state index contributed by atoms with van der Waals surface area (Å²) >= 11 is 5.91. The first kappa shape index (κ1) is 23.6. The summed E-state index contributed by atoms with van der Waals surface area (Å²) in [5.41, 5.74) is 4.01. The maximum absolute atomic E-state index is 12.2. The number of aliphatic hydroxyl groups is 2. The standard InChI is InChI=1S/C24H22ClN3O6/c25-23-19(11-14(12-27-23)28(32)33)22(30)21(29)9-10-26-24(31)34-13-20-17-7-3-1-5-15(17)16-6-2-4-8-18(16)20/h1-8,11-12,20-22,29-30H,9-10,13H2,(H,26,31). The molecule has 1 aromatic heterocycles. The third kappa shape index (κ3) is 4.86. The van der Waals surface area contributed by atoms with Gasteiger partial charge in [0, 0.05) is 24.1 Å². The molecule has 0 saturated carbocycles. The van der Waals surface area contributed by atoms with Crippen LogP contribution in [0, 0.1) is 10.1 Å². The van der Waals surface area contributed by atoms with Crippen LogP contribution in [0.15, 0.2) is 60.8 Å². The summed E-state index contributed by atoms with van der Waals surface area (Å²) in [4.78, 5) is 26.1. The Labute approximate surface area is 200 Å². The number of hydrogen-bond acceptors (Lipinski definition) is 7. The molecule has 0 fully saturated rings. The van der Waals surface area contributed by atoms with E-state index < -0.39 is 23.2 Å². The molecule has 2 unspecified atom stereocenters. The molecule has 0 spiro atoms. The number of ether oxygens (including phenoxy) is 1. The van der Waals surface area contributed by atoms with E-state index >= 15 is 0 Å². The predicted molar refractivity (Wildman–Crippen MR) is 125 cm³/mol. The Hall–Kier alpha value is -3.53. The number of hydrogen-bond donors (Lipinski definition) is 3. The van der Waals surface area contributed by atoms with Gasteiger partial charge in [-0.3, -0.25) is 10.1 Å². The Kier molecular flexibility index (Phi) is 7.06. The molecule has 3 N–H and O–H groups in total. The fourth-order valence-electron chi connectivity index (χ4n) is 4.10. The minimum absolute atomic E-state index is 0.00880. The number of pyridine rings is 1. The maximum atomic E-state index is 12.2. The van der Waals surface area contributed by atoms with E-state index in [4.69, 9.17) is 16.3 Å². The lowest BCUT2D eigenvalue weighted by atomic mass is 9.98. The van der Waals surface area contributed by atoms with E-state index in [-0.39, 0.29) is 41.9 Å². The van der Waals surface area contributed by atoms with Gasteiger partial charge < -0.3 is 20.3 Å². The highest BCUT2D eigenvalue weighted by Gasteiger charge is 2.29. The van der Waals surface area contributed by atoms with Crippen molar-refractivity contribution in [2.45, 2.75) is 24.5 Å². The van der Waals surface area contributed by atoms with Gasteiger partial charge in [0.1, 0.15) is 24.1 Å². The number of carbonyl (C=O) groups is 1. The van der Waals surface area contributed by atoms with Crippen LogP contribution in [0.2, 0.25) is 5.15 Å². The van der Waals surface area contributed by atoms with Gasteiger partial charge in [0.15, 0.2) is 0 Å². The smallest absolute Gasteiger partial charge is 0.407 e. The molecule has 1 aliphatic rings. The second kappa shape index (κ2) is 10.2. The number of rotatable bonds is 8. The average Bonchev–Trinajstić information content (AvgIpc) is 3.16. The second-order valence-electron chi connectivity index (χ2n) is 7.88. The van der Waals surface area contributed by atoms with Crippen LogP contribution in [-0.2, 0) is 4.74 Å². The molecule has 1 amide bonds. The summed E-state index contributed by atoms with van der Waals surface area (Å²) in [6.07, 6.45) is -2.58. The molecule has 0 radical (unpaired) electrons. The van der Waals surface area contributed by atoms with Gasteiger partial charge in [-0.05, 0) is 28.7 Å². The predicted octanol–water partition coefficient (Wildman–Crippen LogP) is 3.97. The van der Waals surface area contributed by atoms with Crippen LogP contribution in [0.5, 0.6) is 0 Å². The number of nitrogens with one attached hydrogen (secondary N) is 1. The summed E-state index contributed by atoms with van der Waals surface area (Å²) in [6, 6.07) is 17.0.